The summed E-state index contributed by atoms with van der Waals surface area (Å²) in [6, 6.07) is 3.74. The van der Waals surface area contributed by atoms with Crippen molar-refractivity contribution in [2.45, 2.75) is 6.36 Å². The minimum absolute atomic E-state index is 0.101. The molecule has 0 saturated carbocycles. The zero-order valence-corrected chi connectivity index (χ0v) is 9.62. The topological polar surface area (TPSA) is 48.2 Å². The Kier molecular flexibility index (Phi) is 3.05. The first kappa shape index (κ1) is 11.9. The number of ether oxygens (including phenoxy) is 1. The summed E-state index contributed by atoms with van der Waals surface area (Å²) in [5, 5.41) is 7.04. The van der Waals surface area contributed by atoms with Crippen LogP contribution in [0.2, 0.25) is 0 Å². The summed E-state index contributed by atoms with van der Waals surface area (Å²) in [5.41, 5.74) is 0.323. The van der Waals surface area contributed by atoms with Crippen molar-refractivity contribution in [3.8, 4) is 17.2 Å². The largest absolute Gasteiger partial charge is 0.573 e. The Hall–Kier alpha value is -1.57. The van der Waals surface area contributed by atoms with Gasteiger partial charge in [-0.2, -0.15) is 0 Å². The lowest BCUT2D eigenvalue weighted by Gasteiger charge is -2.09. The molecule has 1 heterocycles. The van der Waals surface area contributed by atoms with E-state index in [0.717, 1.165) is 12.5 Å². The zero-order chi connectivity index (χ0) is 12.5. The predicted molar refractivity (Wildman–Crippen MR) is 54.1 cm³/mol. The Morgan fingerprint density at radius 2 is 2.06 bits per heavy atom. The van der Waals surface area contributed by atoms with Gasteiger partial charge in [-0.25, -0.2) is 0 Å². The quantitative estimate of drug-likeness (QED) is 0.853. The highest BCUT2D eigenvalue weighted by Crippen LogP contribution is 2.32. The summed E-state index contributed by atoms with van der Waals surface area (Å²) in [7, 11) is 0. The molecule has 0 N–H and O–H groups in total. The molecule has 0 aliphatic carbocycles. The first-order valence-corrected chi connectivity index (χ1v) is 5.07. The van der Waals surface area contributed by atoms with Crippen LogP contribution in [-0.2, 0) is 0 Å². The molecule has 0 unspecified atom stereocenters. The minimum Gasteiger partial charge on any atom is -0.423 e. The lowest BCUT2D eigenvalue weighted by Crippen LogP contribution is -2.17. The number of halogens is 4. The predicted octanol–water partition coefficient (Wildman–Crippen LogP) is 3.40. The molecule has 17 heavy (non-hydrogen) atoms. The smallest absolute Gasteiger partial charge is 0.423 e. The second kappa shape index (κ2) is 4.36. The lowest BCUT2D eigenvalue weighted by atomic mass is 10.2. The molecule has 0 aliphatic heterocycles. The van der Waals surface area contributed by atoms with Crippen molar-refractivity contribution in [3.05, 3.63) is 29.1 Å². The highest BCUT2D eigenvalue weighted by Gasteiger charge is 2.31. The van der Waals surface area contributed by atoms with E-state index in [2.05, 4.69) is 30.9 Å². The molecule has 0 saturated heterocycles. The third kappa shape index (κ3) is 2.96. The van der Waals surface area contributed by atoms with E-state index >= 15 is 0 Å². The van der Waals surface area contributed by atoms with E-state index in [-0.39, 0.29) is 11.6 Å². The van der Waals surface area contributed by atoms with Crippen molar-refractivity contribution >= 4 is 15.9 Å². The minimum atomic E-state index is -4.74. The first-order valence-electron chi connectivity index (χ1n) is 4.27. The Bertz CT molecular complexity index is 513. The molecular formula is C9H4BrF3N2O2. The van der Waals surface area contributed by atoms with Gasteiger partial charge in [0.25, 0.3) is 0 Å². The first-order chi connectivity index (χ1) is 7.96. The maximum Gasteiger partial charge on any atom is 0.573 e. The van der Waals surface area contributed by atoms with E-state index in [4.69, 9.17) is 4.42 Å². The van der Waals surface area contributed by atoms with E-state index in [1.54, 1.807) is 0 Å². The fourth-order valence-corrected chi connectivity index (χ4v) is 1.57. The van der Waals surface area contributed by atoms with Gasteiger partial charge in [0.1, 0.15) is 5.75 Å². The van der Waals surface area contributed by atoms with Gasteiger partial charge < -0.3 is 9.15 Å². The molecule has 0 bridgehead atoms. The van der Waals surface area contributed by atoms with Gasteiger partial charge in [-0.15, -0.1) is 23.4 Å². The monoisotopic (exact) mass is 308 g/mol. The molecule has 0 aliphatic rings. The molecule has 1 aromatic heterocycles. The second-order valence-electron chi connectivity index (χ2n) is 2.93. The SMILES string of the molecule is FC(F)(F)Oc1ccc(Br)c(-c2nnco2)c1. The Labute approximate surface area is 102 Å². The van der Waals surface area contributed by atoms with Crippen LogP contribution < -0.4 is 4.74 Å². The Morgan fingerprint density at radius 1 is 1.29 bits per heavy atom. The molecule has 0 amide bonds. The number of hydrogen-bond donors (Lipinski definition) is 0. The summed E-state index contributed by atoms with van der Waals surface area (Å²) < 4.78 is 45.3. The molecule has 90 valence electrons. The van der Waals surface area contributed by atoms with Gasteiger partial charge in [0.2, 0.25) is 12.3 Å². The van der Waals surface area contributed by atoms with E-state index in [0.29, 0.717) is 10.0 Å². The molecule has 0 fully saturated rings. The van der Waals surface area contributed by atoms with E-state index in [1.165, 1.54) is 12.1 Å². The molecule has 4 nitrogen and oxygen atoms in total. The van der Waals surface area contributed by atoms with Gasteiger partial charge in [0.05, 0.1) is 5.56 Å². The van der Waals surface area contributed by atoms with Crippen LogP contribution in [0, 0.1) is 0 Å². The van der Waals surface area contributed by atoms with Crippen molar-refractivity contribution in [1.82, 2.24) is 10.2 Å². The van der Waals surface area contributed by atoms with Gasteiger partial charge in [-0.1, -0.05) is 0 Å². The Balaban J connectivity index is 2.37. The molecule has 2 aromatic rings. The van der Waals surface area contributed by atoms with Crippen LogP contribution in [0.15, 0.2) is 33.5 Å². The summed E-state index contributed by atoms with van der Waals surface area (Å²) in [4.78, 5) is 0. The summed E-state index contributed by atoms with van der Waals surface area (Å²) in [6.07, 6.45) is -3.65. The number of alkyl halides is 3. The number of nitrogens with zero attached hydrogens (tertiary/aromatic N) is 2. The van der Waals surface area contributed by atoms with Crippen molar-refractivity contribution < 1.29 is 22.3 Å². The number of rotatable bonds is 2. The lowest BCUT2D eigenvalue weighted by molar-refractivity contribution is -0.274. The van der Waals surface area contributed by atoms with Crippen LogP contribution in [-0.4, -0.2) is 16.6 Å². The molecule has 0 atom stereocenters. The fraction of sp³-hybridized carbons (Fsp3) is 0.111. The van der Waals surface area contributed by atoms with Gasteiger partial charge in [-0.3, -0.25) is 0 Å². The van der Waals surface area contributed by atoms with Crippen molar-refractivity contribution in [3.63, 3.8) is 0 Å². The molecule has 0 radical (unpaired) electrons. The second-order valence-corrected chi connectivity index (χ2v) is 3.79. The van der Waals surface area contributed by atoms with Gasteiger partial charge in [0, 0.05) is 4.47 Å². The highest BCUT2D eigenvalue weighted by atomic mass is 79.9. The van der Waals surface area contributed by atoms with E-state index < -0.39 is 6.36 Å². The van der Waals surface area contributed by atoms with Crippen molar-refractivity contribution in [1.29, 1.82) is 0 Å². The standard InChI is InChI=1S/C9H4BrF3N2O2/c10-7-2-1-5(17-9(11,12)13)3-6(7)8-15-14-4-16-8/h1-4H. The fourth-order valence-electron chi connectivity index (χ4n) is 1.16. The van der Waals surface area contributed by atoms with Crippen LogP contribution in [0.1, 0.15) is 0 Å². The van der Waals surface area contributed by atoms with Crippen LogP contribution in [0.4, 0.5) is 13.2 Å². The highest BCUT2D eigenvalue weighted by molar-refractivity contribution is 9.10. The molecular weight excluding hydrogens is 305 g/mol. The zero-order valence-electron chi connectivity index (χ0n) is 8.03. The number of aromatic nitrogens is 2. The van der Waals surface area contributed by atoms with Crippen LogP contribution in [0.25, 0.3) is 11.5 Å². The summed E-state index contributed by atoms with van der Waals surface area (Å²) in [6.45, 7) is 0. The van der Waals surface area contributed by atoms with Gasteiger partial charge >= 0.3 is 6.36 Å². The van der Waals surface area contributed by atoms with E-state index in [1.807, 2.05) is 0 Å². The van der Waals surface area contributed by atoms with Crippen LogP contribution in [0.3, 0.4) is 0 Å². The summed E-state index contributed by atoms with van der Waals surface area (Å²) in [5.74, 6) is -0.251. The summed E-state index contributed by atoms with van der Waals surface area (Å²) >= 11 is 3.17. The van der Waals surface area contributed by atoms with Crippen LogP contribution in [0.5, 0.6) is 5.75 Å². The molecule has 8 heteroatoms. The molecule has 0 spiro atoms. The molecule has 2 rings (SSSR count). The van der Waals surface area contributed by atoms with E-state index in [9.17, 15) is 13.2 Å². The number of hydrogen-bond acceptors (Lipinski definition) is 4. The van der Waals surface area contributed by atoms with Crippen molar-refractivity contribution in [2.75, 3.05) is 0 Å². The molecule has 1 aromatic carbocycles. The third-order valence-corrected chi connectivity index (χ3v) is 2.45. The average Bonchev–Trinajstić information content (AvgIpc) is 2.72. The average molecular weight is 309 g/mol. The Morgan fingerprint density at radius 3 is 2.65 bits per heavy atom. The van der Waals surface area contributed by atoms with Gasteiger partial charge in [-0.05, 0) is 34.1 Å². The van der Waals surface area contributed by atoms with Gasteiger partial charge in [0.15, 0.2) is 0 Å². The maximum absolute atomic E-state index is 12.0. The maximum atomic E-state index is 12.0. The van der Waals surface area contributed by atoms with Crippen LogP contribution >= 0.6 is 15.9 Å². The third-order valence-electron chi connectivity index (χ3n) is 1.76. The normalized spacial score (nSPS) is 11.5. The number of benzene rings is 1. The van der Waals surface area contributed by atoms with Crippen molar-refractivity contribution in [2.24, 2.45) is 0 Å².